The van der Waals surface area contributed by atoms with Gasteiger partial charge in [-0.3, -0.25) is 4.79 Å². The Kier molecular flexibility index (Phi) is 4.92. The summed E-state index contributed by atoms with van der Waals surface area (Å²) in [4.78, 5) is 24.0. The van der Waals surface area contributed by atoms with Gasteiger partial charge in [-0.1, -0.05) is 27.2 Å². The molecule has 0 spiro atoms. The van der Waals surface area contributed by atoms with Gasteiger partial charge in [0.25, 0.3) is 0 Å². The second-order valence-corrected chi connectivity index (χ2v) is 9.58. The van der Waals surface area contributed by atoms with Gasteiger partial charge in [-0.15, -0.1) is 0 Å². The van der Waals surface area contributed by atoms with E-state index in [1.807, 2.05) is 6.92 Å². The van der Waals surface area contributed by atoms with Crippen molar-refractivity contribution in [1.29, 1.82) is 0 Å². The van der Waals surface area contributed by atoms with Crippen molar-refractivity contribution in [3.63, 3.8) is 0 Å². The molecule has 0 N–H and O–H groups in total. The number of methoxy groups -OCH3 is 1. The molecule has 0 radical (unpaired) electrons. The first-order valence-electron chi connectivity index (χ1n) is 10.0. The normalized spacial score (nSPS) is 41.4. The van der Waals surface area contributed by atoms with Crippen LogP contribution in [0.5, 0.6) is 0 Å². The van der Waals surface area contributed by atoms with E-state index in [0.717, 1.165) is 25.7 Å². The lowest BCUT2D eigenvalue weighted by Gasteiger charge is -2.57. The van der Waals surface area contributed by atoms with E-state index in [4.69, 9.17) is 14.2 Å². The number of esters is 2. The zero-order valence-electron chi connectivity index (χ0n) is 17.1. The fourth-order valence-corrected chi connectivity index (χ4v) is 6.38. The third kappa shape index (κ3) is 2.96. The van der Waals surface area contributed by atoms with E-state index < -0.39 is 5.60 Å². The van der Waals surface area contributed by atoms with Gasteiger partial charge < -0.3 is 14.2 Å². The summed E-state index contributed by atoms with van der Waals surface area (Å²) in [6.45, 7) is 10.4. The first-order chi connectivity index (χ1) is 12.1. The Hall–Kier alpha value is -1.10. The van der Waals surface area contributed by atoms with Crippen molar-refractivity contribution in [2.75, 3.05) is 7.11 Å². The summed E-state index contributed by atoms with van der Waals surface area (Å²) in [6.07, 6.45) is 5.82. The molecular weight excluding hydrogens is 332 g/mol. The summed E-state index contributed by atoms with van der Waals surface area (Å²) in [5.74, 6) is 0.148. The van der Waals surface area contributed by atoms with Crippen LogP contribution in [0.15, 0.2) is 0 Å². The summed E-state index contributed by atoms with van der Waals surface area (Å²) in [6, 6.07) is 0. The minimum atomic E-state index is -0.788. The first-order valence-corrected chi connectivity index (χ1v) is 10.0. The maximum Gasteiger partial charge on any atom is 0.341 e. The van der Waals surface area contributed by atoms with E-state index in [9.17, 15) is 9.59 Å². The van der Waals surface area contributed by atoms with Crippen LogP contribution in [0, 0.1) is 22.7 Å². The number of hydrogen-bond acceptors (Lipinski definition) is 5. The molecule has 2 aliphatic carbocycles. The van der Waals surface area contributed by atoms with Crippen molar-refractivity contribution in [3.8, 4) is 0 Å². The molecule has 0 aromatic heterocycles. The van der Waals surface area contributed by atoms with Gasteiger partial charge in [-0.2, -0.15) is 0 Å². The largest absolute Gasteiger partial charge is 0.467 e. The zero-order chi connectivity index (χ0) is 19.3. The van der Waals surface area contributed by atoms with Gasteiger partial charge in [0.15, 0.2) is 5.60 Å². The van der Waals surface area contributed by atoms with E-state index in [0.29, 0.717) is 5.92 Å². The number of ether oxygens (including phenoxy) is 3. The summed E-state index contributed by atoms with van der Waals surface area (Å²) < 4.78 is 16.6. The van der Waals surface area contributed by atoms with Gasteiger partial charge in [0.05, 0.1) is 19.3 Å². The lowest BCUT2D eigenvalue weighted by Crippen LogP contribution is -2.57. The van der Waals surface area contributed by atoms with Crippen molar-refractivity contribution < 1.29 is 23.8 Å². The summed E-state index contributed by atoms with van der Waals surface area (Å²) in [5.41, 5.74) is -0.497. The molecule has 5 heteroatoms. The van der Waals surface area contributed by atoms with Gasteiger partial charge >= 0.3 is 11.9 Å². The lowest BCUT2D eigenvalue weighted by atomic mass is 9.46. The van der Waals surface area contributed by atoms with Gasteiger partial charge in [0.2, 0.25) is 0 Å². The van der Waals surface area contributed by atoms with Gasteiger partial charge in [-0.25, -0.2) is 4.79 Å². The van der Waals surface area contributed by atoms with E-state index in [-0.39, 0.29) is 40.9 Å². The number of hydrogen-bond donors (Lipinski definition) is 0. The molecule has 1 saturated heterocycles. The van der Waals surface area contributed by atoms with Crippen molar-refractivity contribution in [3.05, 3.63) is 0 Å². The van der Waals surface area contributed by atoms with Crippen LogP contribution in [0.1, 0.15) is 73.1 Å². The van der Waals surface area contributed by atoms with Crippen molar-refractivity contribution in [2.45, 2.75) is 91.0 Å². The van der Waals surface area contributed by atoms with Crippen LogP contribution in [0.25, 0.3) is 0 Å². The zero-order valence-corrected chi connectivity index (χ0v) is 17.1. The highest BCUT2D eigenvalue weighted by Crippen LogP contribution is 2.69. The number of carbonyl (C=O) groups is 2. The average Bonchev–Trinajstić information content (AvgIpc) is 3.25. The van der Waals surface area contributed by atoms with Crippen LogP contribution in [0.2, 0.25) is 0 Å². The highest BCUT2D eigenvalue weighted by molar-refractivity contribution is 5.84. The standard InChI is InChI=1S/C21H34O5/c1-13(25-14(2)22)8-9-15-20(5)11-7-10-19(3,4)16(20)12-17-21(15,26-17)18(23)24-6/h13,15-17H,7-12H2,1-6H3/t13?,15-,16+,17-,20-,21+/m1/s1. The summed E-state index contributed by atoms with van der Waals surface area (Å²) in [5, 5.41) is 0. The van der Waals surface area contributed by atoms with Crippen LogP contribution in [0.4, 0.5) is 0 Å². The van der Waals surface area contributed by atoms with Crippen LogP contribution >= 0.6 is 0 Å². The first kappa shape index (κ1) is 19.7. The SMILES string of the molecule is COC(=O)[C@@]12O[C@@H]1C[C@H]1C(C)(C)CCC[C@]1(C)[C@H]2CCC(C)OC(C)=O. The Morgan fingerprint density at radius 3 is 2.54 bits per heavy atom. The second-order valence-electron chi connectivity index (χ2n) is 9.58. The Balaban J connectivity index is 1.89. The highest BCUT2D eigenvalue weighted by Gasteiger charge is 2.76. The molecule has 0 aromatic rings. The Morgan fingerprint density at radius 1 is 1.23 bits per heavy atom. The van der Waals surface area contributed by atoms with Gasteiger partial charge in [0.1, 0.15) is 0 Å². The number of rotatable bonds is 5. The smallest absolute Gasteiger partial charge is 0.341 e. The molecule has 1 heterocycles. The van der Waals surface area contributed by atoms with Crippen molar-refractivity contribution >= 4 is 11.9 Å². The van der Waals surface area contributed by atoms with Crippen molar-refractivity contribution in [1.82, 2.24) is 0 Å². The quantitative estimate of drug-likeness (QED) is 0.546. The summed E-state index contributed by atoms with van der Waals surface area (Å²) >= 11 is 0. The van der Waals surface area contributed by atoms with Crippen molar-refractivity contribution in [2.24, 2.45) is 22.7 Å². The number of carbonyl (C=O) groups excluding carboxylic acids is 2. The average molecular weight is 366 g/mol. The fourth-order valence-electron chi connectivity index (χ4n) is 6.38. The van der Waals surface area contributed by atoms with Crippen LogP contribution in [0.3, 0.4) is 0 Å². The Bertz CT molecular complexity index is 585. The third-order valence-electron chi connectivity index (χ3n) is 7.53. The molecule has 148 valence electrons. The molecule has 0 bridgehead atoms. The molecule has 3 aliphatic rings. The van der Waals surface area contributed by atoms with Gasteiger partial charge in [-0.05, 0) is 55.8 Å². The molecule has 1 aliphatic heterocycles. The van der Waals surface area contributed by atoms with E-state index in [1.165, 1.54) is 26.9 Å². The predicted octanol–water partition coefficient (Wildman–Crippen LogP) is 3.88. The monoisotopic (exact) mass is 366 g/mol. The highest BCUT2D eigenvalue weighted by atomic mass is 16.7. The van der Waals surface area contributed by atoms with Crippen LogP contribution in [-0.4, -0.2) is 36.9 Å². The third-order valence-corrected chi connectivity index (χ3v) is 7.53. The predicted molar refractivity (Wildman–Crippen MR) is 97.4 cm³/mol. The molecule has 5 nitrogen and oxygen atoms in total. The number of fused-ring (bicyclic) bond motifs is 2. The maximum atomic E-state index is 12.7. The molecule has 1 unspecified atom stereocenters. The minimum absolute atomic E-state index is 0.0283. The van der Waals surface area contributed by atoms with E-state index in [1.54, 1.807) is 0 Å². The molecular formula is C21H34O5. The van der Waals surface area contributed by atoms with Crippen LogP contribution < -0.4 is 0 Å². The molecule has 0 amide bonds. The fraction of sp³-hybridized carbons (Fsp3) is 0.905. The topological polar surface area (TPSA) is 65.1 Å². The van der Waals surface area contributed by atoms with Gasteiger partial charge in [0, 0.05) is 12.8 Å². The molecule has 0 aromatic carbocycles. The molecule has 3 fully saturated rings. The summed E-state index contributed by atoms with van der Waals surface area (Å²) in [7, 11) is 1.45. The second kappa shape index (κ2) is 6.50. The molecule has 6 atom stereocenters. The van der Waals surface area contributed by atoms with E-state index in [2.05, 4.69) is 20.8 Å². The Morgan fingerprint density at radius 2 is 1.92 bits per heavy atom. The molecule has 3 rings (SSSR count). The number of epoxide rings is 1. The Labute approximate surface area is 157 Å². The van der Waals surface area contributed by atoms with Crippen LogP contribution in [-0.2, 0) is 23.8 Å². The maximum absolute atomic E-state index is 12.7. The molecule has 2 saturated carbocycles. The van der Waals surface area contributed by atoms with E-state index >= 15 is 0 Å². The lowest BCUT2D eigenvalue weighted by molar-refractivity contribution is -0.160. The molecule has 26 heavy (non-hydrogen) atoms. The minimum Gasteiger partial charge on any atom is -0.467 e.